The van der Waals surface area contributed by atoms with Gasteiger partial charge in [-0.3, -0.25) is 4.79 Å². The zero-order valence-electron chi connectivity index (χ0n) is 9.86. The molecule has 0 radical (unpaired) electrons. The van der Waals surface area contributed by atoms with Crippen molar-refractivity contribution in [2.45, 2.75) is 13.3 Å². The molecule has 1 aliphatic rings. The summed E-state index contributed by atoms with van der Waals surface area (Å²) in [7, 11) is 1.87. The third-order valence-corrected chi connectivity index (χ3v) is 3.13. The van der Waals surface area contributed by atoms with Crippen LogP contribution in [0.5, 0.6) is 0 Å². The van der Waals surface area contributed by atoms with Crippen LogP contribution in [0.3, 0.4) is 0 Å². The van der Waals surface area contributed by atoms with Gasteiger partial charge in [-0.05, 0) is 36.6 Å². The van der Waals surface area contributed by atoms with E-state index in [-0.39, 0.29) is 5.91 Å². The highest BCUT2D eigenvalue weighted by atomic mass is 16.2. The average molecular weight is 218 g/mol. The number of nitrogens with zero attached hydrogens (tertiary/aromatic N) is 1. The highest BCUT2D eigenvalue weighted by Gasteiger charge is 2.23. The van der Waals surface area contributed by atoms with E-state index in [1.807, 2.05) is 36.2 Å². The molecule has 3 heteroatoms. The van der Waals surface area contributed by atoms with E-state index in [2.05, 4.69) is 12.2 Å². The molecule has 1 unspecified atom stereocenters. The number of anilines is 1. The Bertz CT molecular complexity index is 372. The lowest BCUT2D eigenvalue weighted by atomic mass is 10.1. The lowest BCUT2D eigenvalue weighted by molar-refractivity contribution is 0.0788. The lowest BCUT2D eigenvalue weighted by Gasteiger charge is -2.16. The van der Waals surface area contributed by atoms with Gasteiger partial charge in [0.1, 0.15) is 0 Å². The highest BCUT2D eigenvalue weighted by molar-refractivity contribution is 5.94. The van der Waals surface area contributed by atoms with Gasteiger partial charge in [-0.15, -0.1) is 0 Å². The lowest BCUT2D eigenvalue weighted by Crippen LogP contribution is -2.28. The number of hydrogen-bond acceptors (Lipinski definition) is 2. The molecule has 1 N–H and O–H groups in total. The number of rotatable bonds is 2. The molecule has 0 aromatic heterocycles. The molecule has 86 valence electrons. The van der Waals surface area contributed by atoms with E-state index in [4.69, 9.17) is 0 Å². The van der Waals surface area contributed by atoms with Crippen LogP contribution in [0.4, 0.5) is 5.69 Å². The largest absolute Gasteiger partial charge is 0.388 e. The van der Waals surface area contributed by atoms with Gasteiger partial charge in [-0.25, -0.2) is 0 Å². The number of amides is 1. The minimum atomic E-state index is 0.159. The maximum absolute atomic E-state index is 12.1. The van der Waals surface area contributed by atoms with Crippen LogP contribution in [0.25, 0.3) is 0 Å². The number of carbonyl (C=O) groups is 1. The molecule has 0 bridgehead atoms. The van der Waals surface area contributed by atoms with Crippen molar-refractivity contribution in [3.05, 3.63) is 29.8 Å². The van der Waals surface area contributed by atoms with Crippen molar-refractivity contribution in [1.29, 1.82) is 0 Å². The molecule has 1 saturated heterocycles. The second-order valence-corrected chi connectivity index (χ2v) is 4.47. The zero-order chi connectivity index (χ0) is 11.5. The van der Waals surface area contributed by atoms with Crippen LogP contribution in [0.2, 0.25) is 0 Å². The molecule has 3 nitrogen and oxygen atoms in total. The molecule has 1 heterocycles. The van der Waals surface area contributed by atoms with E-state index in [1.54, 1.807) is 0 Å². The molecule has 1 amide bonds. The van der Waals surface area contributed by atoms with Gasteiger partial charge in [-0.2, -0.15) is 0 Å². The first-order valence-corrected chi connectivity index (χ1v) is 5.78. The first kappa shape index (κ1) is 11.0. The first-order valence-electron chi connectivity index (χ1n) is 5.78. The van der Waals surface area contributed by atoms with Crippen LogP contribution < -0.4 is 5.32 Å². The van der Waals surface area contributed by atoms with Crippen molar-refractivity contribution in [1.82, 2.24) is 4.90 Å². The van der Waals surface area contributed by atoms with E-state index >= 15 is 0 Å². The number of hydrogen-bond donors (Lipinski definition) is 1. The Hall–Kier alpha value is -1.51. The predicted molar refractivity (Wildman–Crippen MR) is 65.7 cm³/mol. The van der Waals surface area contributed by atoms with Crippen molar-refractivity contribution in [2.24, 2.45) is 5.92 Å². The predicted octanol–water partition coefficient (Wildman–Crippen LogP) is 2.21. The summed E-state index contributed by atoms with van der Waals surface area (Å²) >= 11 is 0. The van der Waals surface area contributed by atoms with Gasteiger partial charge in [0.25, 0.3) is 5.91 Å². The minimum Gasteiger partial charge on any atom is -0.388 e. The van der Waals surface area contributed by atoms with Gasteiger partial charge in [0.05, 0.1) is 0 Å². The van der Waals surface area contributed by atoms with Crippen LogP contribution >= 0.6 is 0 Å². The molecule has 1 fully saturated rings. The van der Waals surface area contributed by atoms with Gasteiger partial charge in [0, 0.05) is 31.4 Å². The maximum atomic E-state index is 12.1. The molecule has 0 aliphatic carbocycles. The van der Waals surface area contributed by atoms with Gasteiger partial charge in [-0.1, -0.05) is 6.92 Å². The third-order valence-electron chi connectivity index (χ3n) is 3.13. The van der Waals surface area contributed by atoms with Gasteiger partial charge >= 0.3 is 0 Å². The Morgan fingerprint density at radius 2 is 2.06 bits per heavy atom. The molecular weight excluding hydrogens is 200 g/mol. The van der Waals surface area contributed by atoms with Crippen LogP contribution in [0, 0.1) is 5.92 Å². The summed E-state index contributed by atoms with van der Waals surface area (Å²) in [6, 6.07) is 7.65. The fourth-order valence-corrected chi connectivity index (χ4v) is 2.08. The molecule has 1 aromatic rings. The molecule has 2 rings (SSSR count). The summed E-state index contributed by atoms with van der Waals surface area (Å²) in [6.07, 6.45) is 1.13. The van der Waals surface area contributed by atoms with E-state index in [9.17, 15) is 4.79 Å². The summed E-state index contributed by atoms with van der Waals surface area (Å²) < 4.78 is 0. The summed E-state index contributed by atoms with van der Waals surface area (Å²) in [5.41, 5.74) is 1.82. The fourth-order valence-electron chi connectivity index (χ4n) is 2.08. The third kappa shape index (κ3) is 2.18. The fraction of sp³-hybridized carbons (Fsp3) is 0.462. The van der Waals surface area contributed by atoms with Crippen LogP contribution in [-0.2, 0) is 0 Å². The standard InChI is InChI=1S/C13H18N2O/c1-10-7-8-15(9-10)13(16)11-3-5-12(14-2)6-4-11/h3-6,10,14H,7-9H2,1-2H3. The summed E-state index contributed by atoms with van der Waals surface area (Å²) in [5, 5.41) is 3.04. The monoisotopic (exact) mass is 218 g/mol. The second kappa shape index (κ2) is 4.56. The van der Waals surface area contributed by atoms with Crippen LogP contribution in [-0.4, -0.2) is 30.9 Å². The Labute approximate surface area is 96.5 Å². The van der Waals surface area contributed by atoms with Gasteiger partial charge < -0.3 is 10.2 Å². The zero-order valence-corrected chi connectivity index (χ0v) is 9.86. The molecule has 16 heavy (non-hydrogen) atoms. The summed E-state index contributed by atoms with van der Waals surface area (Å²) in [6.45, 7) is 3.98. The van der Waals surface area contributed by atoms with Crippen molar-refractivity contribution in [3.63, 3.8) is 0 Å². The second-order valence-electron chi connectivity index (χ2n) is 4.47. The summed E-state index contributed by atoms with van der Waals surface area (Å²) in [5.74, 6) is 0.799. The van der Waals surface area contributed by atoms with Crippen molar-refractivity contribution in [2.75, 3.05) is 25.5 Å². The van der Waals surface area contributed by atoms with Crippen molar-refractivity contribution >= 4 is 11.6 Å². The first-order chi connectivity index (χ1) is 7.70. The molecule has 1 atom stereocenters. The molecular formula is C13H18N2O. The summed E-state index contributed by atoms with van der Waals surface area (Å²) in [4.78, 5) is 14.0. The number of benzene rings is 1. The maximum Gasteiger partial charge on any atom is 0.253 e. The number of likely N-dealkylation sites (tertiary alicyclic amines) is 1. The van der Waals surface area contributed by atoms with E-state index in [0.29, 0.717) is 5.92 Å². The van der Waals surface area contributed by atoms with E-state index in [0.717, 1.165) is 30.8 Å². The number of nitrogens with one attached hydrogen (secondary N) is 1. The smallest absolute Gasteiger partial charge is 0.253 e. The Morgan fingerprint density at radius 3 is 2.56 bits per heavy atom. The molecule has 1 aliphatic heterocycles. The van der Waals surface area contributed by atoms with E-state index < -0.39 is 0 Å². The quantitative estimate of drug-likeness (QED) is 0.825. The minimum absolute atomic E-state index is 0.159. The molecule has 0 saturated carbocycles. The van der Waals surface area contributed by atoms with Crippen molar-refractivity contribution in [3.8, 4) is 0 Å². The van der Waals surface area contributed by atoms with Gasteiger partial charge in [0.15, 0.2) is 0 Å². The molecule has 1 aromatic carbocycles. The number of carbonyl (C=O) groups excluding carboxylic acids is 1. The Balaban J connectivity index is 2.08. The highest BCUT2D eigenvalue weighted by Crippen LogP contribution is 2.18. The van der Waals surface area contributed by atoms with Crippen LogP contribution in [0.1, 0.15) is 23.7 Å². The topological polar surface area (TPSA) is 32.3 Å². The van der Waals surface area contributed by atoms with Crippen molar-refractivity contribution < 1.29 is 4.79 Å². The Kier molecular flexibility index (Phi) is 3.13. The Morgan fingerprint density at radius 1 is 1.38 bits per heavy atom. The average Bonchev–Trinajstić information content (AvgIpc) is 2.75. The normalized spacial score (nSPS) is 19.9. The SMILES string of the molecule is CNc1ccc(C(=O)N2CCC(C)C2)cc1. The van der Waals surface area contributed by atoms with Crippen LogP contribution in [0.15, 0.2) is 24.3 Å². The van der Waals surface area contributed by atoms with E-state index in [1.165, 1.54) is 0 Å². The molecule has 0 spiro atoms. The van der Waals surface area contributed by atoms with Gasteiger partial charge in [0.2, 0.25) is 0 Å².